The van der Waals surface area contributed by atoms with Crippen LogP contribution < -0.4 is 5.32 Å². The molecule has 0 spiro atoms. The van der Waals surface area contributed by atoms with Crippen LogP contribution >= 0.6 is 11.6 Å². The van der Waals surface area contributed by atoms with Gasteiger partial charge >= 0.3 is 17.1 Å². The second-order valence-electron chi connectivity index (χ2n) is 13.3. The first-order valence-electron chi connectivity index (χ1n) is 14.8. The van der Waals surface area contributed by atoms with Gasteiger partial charge in [0.15, 0.2) is 17.0 Å². The van der Waals surface area contributed by atoms with E-state index in [-0.39, 0.29) is 33.9 Å². The SMILES string of the molecule is CC(C)[Si]1(C(C)C)OCC2OC(n3cnc4c(Cl)nc(NCC5CC5)nc43)C(C)(O)C2O[Si](C(C)C)(C(C)C)O1. The van der Waals surface area contributed by atoms with Gasteiger partial charge in [0.2, 0.25) is 5.95 Å². The molecule has 3 aliphatic rings. The number of hydrogen-bond acceptors (Lipinski definition) is 9. The van der Waals surface area contributed by atoms with E-state index < -0.39 is 41.2 Å². The maximum Gasteiger partial charge on any atom is 0.335 e. The van der Waals surface area contributed by atoms with Crippen molar-refractivity contribution in [2.75, 3.05) is 18.5 Å². The molecular weight excluding hydrogens is 566 g/mol. The van der Waals surface area contributed by atoms with E-state index in [0.717, 1.165) is 6.54 Å². The lowest BCUT2D eigenvalue weighted by molar-refractivity contribution is -0.0937. The number of ether oxygens (including phenoxy) is 1. The minimum absolute atomic E-state index is 0.134. The Kier molecular flexibility index (Phi) is 8.23. The Morgan fingerprint density at radius 1 is 1.05 bits per heavy atom. The second-order valence-corrected chi connectivity index (χ2v) is 22.5. The minimum atomic E-state index is -2.94. The van der Waals surface area contributed by atoms with Crippen molar-refractivity contribution in [3.63, 3.8) is 0 Å². The molecule has 4 atom stereocenters. The predicted molar refractivity (Wildman–Crippen MR) is 160 cm³/mol. The van der Waals surface area contributed by atoms with E-state index in [1.54, 1.807) is 17.8 Å². The highest BCUT2D eigenvalue weighted by atomic mass is 35.5. The summed E-state index contributed by atoms with van der Waals surface area (Å²) < 4.78 is 29.7. The average Bonchev–Trinajstić information content (AvgIpc) is 3.54. The molecule has 2 aliphatic heterocycles. The molecule has 4 heterocycles. The molecular formula is C27H46ClN5O5Si2. The molecule has 2 saturated heterocycles. The summed E-state index contributed by atoms with van der Waals surface area (Å²) in [6.45, 7) is 20.3. The summed E-state index contributed by atoms with van der Waals surface area (Å²) >= 11 is 6.53. The number of anilines is 1. The molecule has 1 aliphatic carbocycles. The van der Waals surface area contributed by atoms with Crippen LogP contribution in [0.4, 0.5) is 5.95 Å². The Morgan fingerprint density at radius 3 is 2.25 bits per heavy atom. The molecule has 13 heteroatoms. The van der Waals surface area contributed by atoms with Crippen molar-refractivity contribution in [3.05, 3.63) is 11.5 Å². The summed E-state index contributed by atoms with van der Waals surface area (Å²) in [5.41, 5.74) is 0.231. The topological polar surface area (TPSA) is 113 Å². The van der Waals surface area contributed by atoms with Crippen molar-refractivity contribution in [1.29, 1.82) is 0 Å². The van der Waals surface area contributed by atoms with Crippen molar-refractivity contribution < 1.29 is 22.8 Å². The molecule has 4 unspecified atom stereocenters. The Bertz CT molecular complexity index is 1210. The quantitative estimate of drug-likeness (QED) is 0.278. The van der Waals surface area contributed by atoms with Gasteiger partial charge in [0.1, 0.15) is 23.3 Å². The summed E-state index contributed by atoms with van der Waals surface area (Å²) in [5, 5.41) is 15.8. The van der Waals surface area contributed by atoms with E-state index in [4.69, 9.17) is 34.3 Å². The van der Waals surface area contributed by atoms with Gasteiger partial charge in [-0.15, -0.1) is 0 Å². The van der Waals surface area contributed by atoms with E-state index in [1.165, 1.54) is 12.8 Å². The number of imidazole rings is 1. The van der Waals surface area contributed by atoms with Crippen LogP contribution in [0, 0.1) is 5.92 Å². The number of nitrogens with zero attached hydrogens (tertiary/aromatic N) is 4. The standard InChI is InChI=1S/C27H46ClN5O5Si2/c1-15(2)39(16(3)4)35-13-20-22(37-40(38-39,17(5)6)18(7)8)27(9,34)25(36-20)33-14-30-21-23(28)31-26(32-24(21)33)29-12-19-10-11-19/h14-20,22,25,34H,10-13H2,1-9H3,(H,29,31,32). The van der Waals surface area contributed by atoms with E-state index in [0.29, 0.717) is 23.0 Å². The van der Waals surface area contributed by atoms with Gasteiger partial charge in [-0.05, 0) is 47.8 Å². The largest absolute Gasteiger partial charge is 0.414 e. The molecule has 1 saturated carbocycles. The number of aromatic nitrogens is 4. The van der Waals surface area contributed by atoms with Gasteiger partial charge in [0, 0.05) is 6.54 Å². The van der Waals surface area contributed by atoms with Gasteiger partial charge in [-0.3, -0.25) is 4.57 Å². The molecule has 2 aromatic heterocycles. The fourth-order valence-electron chi connectivity index (χ4n) is 6.37. The number of fused-ring (bicyclic) bond motifs is 2. The molecule has 2 aromatic rings. The summed E-state index contributed by atoms with van der Waals surface area (Å²) in [6.07, 6.45) is 2.05. The van der Waals surface area contributed by atoms with Gasteiger partial charge in [-0.1, -0.05) is 67.0 Å². The number of rotatable bonds is 8. The molecule has 5 rings (SSSR count). The zero-order valence-corrected chi connectivity index (χ0v) is 28.0. The van der Waals surface area contributed by atoms with Crippen LogP contribution in [0.15, 0.2) is 6.33 Å². The van der Waals surface area contributed by atoms with Crippen LogP contribution in [-0.4, -0.2) is 72.7 Å². The van der Waals surface area contributed by atoms with Gasteiger partial charge < -0.3 is 28.1 Å². The van der Waals surface area contributed by atoms with Gasteiger partial charge in [-0.25, -0.2) is 4.98 Å². The van der Waals surface area contributed by atoms with Crippen LogP contribution in [-0.2, 0) is 17.7 Å². The summed E-state index contributed by atoms with van der Waals surface area (Å²) in [4.78, 5) is 13.6. The minimum Gasteiger partial charge on any atom is -0.414 e. The molecule has 3 fully saturated rings. The maximum atomic E-state index is 12.2. The zero-order valence-electron chi connectivity index (χ0n) is 25.3. The van der Waals surface area contributed by atoms with Crippen LogP contribution in [0.1, 0.15) is 81.4 Å². The lowest BCUT2D eigenvalue weighted by atomic mass is 9.96. The molecule has 0 amide bonds. The summed E-state index contributed by atoms with van der Waals surface area (Å²) in [6, 6.07) is 0. The molecule has 224 valence electrons. The summed E-state index contributed by atoms with van der Waals surface area (Å²) in [5.74, 6) is 1.09. The predicted octanol–water partition coefficient (Wildman–Crippen LogP) is 5.91. The van der Waals surface area contributed by atoms with Gasteiger partial charge in [-0.2, -0.15) is 9.97 Å². The van der Waals surface area contributed by atoms with Gasteiger partial charge in [0.05, 0.1) is 12.9 Å². The van der Waals surface area contributed by atoms with Crippen molar-refractivity contribution in [2.24, 2.45) is 5.92 Å². The summed E-state index contributed by atoms with van der Waals surface area (Å²) in [7, 11) is -5.68. The van der Waals surface area contributed by atoms with E-state index in [9.17, 15) is 5.11 Å². The smallest absolute Gasteiger partial charge is 0.335 e. The first kappa shape index (κ1) is 30.3. The highest BCUT2D eigenvalue weighted by Crippen LogP contribution is 2.51. The highest BCUT2D eigenvalue weighted by molar-refractivity contribution is 6.84. The fourth-order valence-corrected chi connectivity index (χ4v) is 17.9. The highest BCUT2D eigenvalue weighted by Gasteiger charge is 2.64. The van der Waals surface area contributed by atoms with Crippen molar-refractivity contribution >= 4 is 45.8 Å². The van der Waals surface area contributed by atoms with Crippen LogP contribution in [0.2, 0.25) is 27.3 Å². The van der Waals surface area contributed by atoms with Crippen molar-refractivity contribution in [2.45, 2.75) is 121 Å². The van der Waals surface area contributed by atoms with E-state index in [1.807, 2.05) is 0 Å². The van der Waals surface area contributed by atoms with Gasteiger partial charge in [0.25, 0.3) is 0 Å². The van der Waals surface area contributed by atoms with Crippen molar-refractivity contribution in [3.8, 4) is 0 Å². The first-order chi connectivity index (χ1) is 18.7. The lowest BCUT2D eigenvalue weighted by Gasteiger charge is -2.52. The number of aliphatic hydroxyl groups is 1. The normalized spacial score (nSPS) is 30.3. The van der Waals surface area contributed by atoms with Crippen molar-refractivity contribution in [1.82, 2.24) is 19.5 Å². The Morgan fingerprint density at radius 2 is 1.68 bits per heavy atom. The molecule has 0 aromatic carbocycles. The Balaban J connectivity index is 1.55. The Hall–Kier alpha value is -1.13. The maximum absolute atomic E-state index is 12.2. The zero-order chi connectivity index (χ0) is 29.2. The Labute approximate surface area is 245 Å². The second kappa shape index (κ2) is 10.9. The average molecular weight is 612 g/mol. The number of halogens is 1. The molecule has 2 N–H and O–H groups in total. The first-order valence-corrected chi connectivity index (χ1v) is 19.1. The third-order valence-corrected chi connectivity index (χ3v) is 19.4. The van der Waals surface area contributed by atoms with Crippen LogP contribution in [0.25, 0.3) is 11.2 Å². The van der Waals surface area contributed by atoms with Crippen LogP contribution in [0.5, 0.6) is 0 Å². The third kappa shape index (κ3) is 5.06. The fraction of sp³-hybridized carbons (Fsp3) is 0.815. The number of nitrogens with one attached hydrogen (secondary N) is 1. The molecule has 0 bridgehead atoms. The lowest BCUT2D eigenvalue weighted by Crippen LogP contribution is -2.66. The molecule has 40 heavy (non-hydrogen) atoms. The number of hydrogen-bond donors (Lipinski definition) is 2. The monoisotopic (exact) mass is 611 g/mol. The van der Waals surface area contributed by atoms with Crippen LogP contribution in [0.3, 0.4) is 0 Å². The van der Waals surface area contributed by atoms with E-state index in [2.05, 4.69) is 70.7 Å². The van der Waals surface area contributed by atoms with E-state index >= 15 is 0 Å². The third-order valence-electron chi connectivity index (χ3n) is 8.92. The molecule has 10 nitrogen and oxygen atoms in total. The molecule has 0 radical (unpaired) electrons.